The van der Waals surface area contributed by atoms with Gasteiger partial charge in [0.1, 0.15) is 6.61 Å². The van der Waals surface area contributed by atoms with E-state index in [0.29, 0.717) is 18.5 Å². The fraction of sp³-hybridized carbons (Fsp3) is 0.593. The highest BCUT2D eigenvalue weighted by Crippen LogP contribution is 2.15. The Morgan fingerprint density at radius 2 is 1.97 bits per heavy atom. The van der Waals surface area contributed by atoms with Crippen LogP contribution in [0.25, 0.3) is 0 Å². The zero-order valence-corrected chi connectivity index (χ0v) is 22.1. The third-order valence-electron chi connectivity index (χ3n) is 5.48. The van der Waals surface area contributed by atoms with Crippen molar-refractivity contribution in [3.05, 3.63) is 59.0 Å². The van der Waals surface area contributed by atoms with Crippen LogP contribution in [-0.4, -0.2) is 44.4 Å². The molecule has 0 saturated carbocycles. The fourth-order valence-electron chi connectivity index (χ4n) is 3.25. The summed E-state index contributed by atoms with van der Waals surface area (Å²) in [5, 5.41) is 5.07. The van der Waals surface area contributed by atoms with Crippen molar-refractivity contribution in [3.8, 4) is 0 Å². The third kappa shape index (κ3) is 14.4. The van der Waals surface area contributed by atoms with Crippen molar-refractivity contribution in [2.45, 2.75) is 78.7 Å². The molecule has 0 aliphatic heterocycles. The molecule has 0 aromatic rings. The van der Waals surface area contributed by atoms with Crippen LogP contribution in [0.2, 0.25) is 0 Å². The summed E-state index contributed by atoms with van der Waals surface area (Å²) in [5.41, 5.74) is 3.22. The number of allylic oxidation sites excluding steroid dienone is 5. The number of likely N-dealkylation sites (N-methyl/N-ethyl adjacent to an activating group) is 1. The summed E-state index contributed by atoms with van der Waals surface area (Å²) in [7, 11) is 2.20. The molecule has 0 aromatic carbocycles. The molecule has 0 aromatic heterocycles. The van der Waals surface area contributed by atoms with Crippen LogP contribution < -0.4 is 5.32 Å². The average molecular weight is 462 g/mol. The van der Waals surface area contributed by atoms with E-state index in [1.54, 1.807) is 5.41 Å². The summed E-state index contributed by atoms with van der Waals surface area (Å²) >= 11 is 4.16. The molecular formula is C27H47N3OS. The molecule has 0 saturated heterocycles. The largest absolute Gasteiger partial charge is 0.476 e. The number of nitrogens with one attached hydrogen (secondary N) is 1. The maximum Gasteiger partial charge on any atom is 0.212 e. The molecule has 0 fully saturated rings. The van der Waals surface area contributed by atoms with Crippen molar-refractivity contribution in [1.29, 1.82) is 0 Å². The average Bonchev–Trinajstić information content (AvgIpc) is 2.80. The topological polar surface area (TPSA) is 36.9 Å². The van der Waals surface area contributed by atoms with Gasteiger partial charge in [-0.05, 0) is 69.3 Å². The predicted molar refractivity (Wildman–Crippen MR) is 146 cm³/mol. The zero-order chi connectivity index (χ0) is 24.2. The zero-order valence-electron chi connectivity index (χ0n) is 21.2. The first-order chi connectivity index (χ1) is 15.4. The van der Waals surface area contributed by atoms with Crippen molar-refractivity contribution in [2.24, 2.45) is 4.99 Å². The molecule has 4 nitrogen and oxygen atoms in total. The molecule has 182 valence electrons. The third-order valence-corrected chi connectivity index (χ3v) is 5.87. The highest BCUT2D eigenvalue weighted by atomic mass is 32.1. The lowest BCUT2D eigenvalue weighted by molar-refractivity contribution is 0.138. The summed E-state index contributed by atoms with van der Waals surface area (Å²) in [6.07, 6.45) is 16.5. The van der Waals surface area contributed by atoms with Gasteiger partial charge in [-0.1, -0.05) is 58.4 Å². The first-order valence-electron chi connectivity index (χ1n) is 12.0. The highest BCUT2D eigenvalue weighted by Gasteiger charge is 2.13. The smallest absolute Gasteiger partial charge is 0.212 e. The second kappa shape index (κ2) is 19.9. The van der Waals surface area contributed by atoms with Gasteiger partial charge >= 0.3 is 0 Å². The molecule has 0 spiro atoms. The van der Waals surface area contributed by atoms with Gasteiger partial charge in [-0.25, -0.2) is 4.99 Å². The van der Waals surface area contributed by atoms with Gasteiger partial charge in [-0.15, -0.1) is 0 Å². The van der Waals surface area contributed by atoms with Crippen LogP contribution >= 0.6 is 12.6 Å². The molecule has 0 heterocycles. The van der Waals surface area contributed by atoms with Gasteiger partial charge in [-0.2, -0.15) is 12.6 Å². The molecule has 0 radical (unpaired) electrons. The normalized spacial score (nSPS) is 14.2. The van der Waals surface area contributed by atoms with Crippen molar-refractivity contribution >= 4 is 19.3 Å². The molecule has 0 aliphatic carbocycles. The summed E-state index contributed by atoms with van der Waals surface area (Å²) < 4.78 is 5.91. The van der Waals surface area contributed by atoms with E-state index in [4.69, 9.17) is 4.74 Å². The van der Waals surface area contributed by atoms with E-state index >= 15 is 0 Å². The summed E-state index contributed by atoms with van der Waals surface area (Å²) in [6.45, 7) is 18.5. The molecule has 5 heteroatoms. The van der Waals surface area contributed by atoms with E-state index in [1.807, 2.05) is 13.0 Å². The van der Waals surface area contributed by atoms with Gasteiger partial charge in [0.05, 0.1) is 0 Å². The minimum absolute atomic E-state index is 0.552. The van der Waals surface area contributed by atoms with Gasteiger partial charge in [0.25, 0.3) is 0 Å². The van der Waals surface area contributed by atoms with E-state index in [1.165, 1.54) is 24.8 Å². The van der Waals surface area contributed by atoms with Crippen LogP contribution in [0.3, 0.4) is 0 Å². The van der Waals surface area contributed by atoms with E-state index in [-0.39, 0.29) is 0 Å². The number of hydrogen-bond donors (Lipinski definition) is 2. The second-order valence-electron chi connectivity index (χ2n) is 8.03. The maximum atomic E-state index is 5.91. The van der Waals surface area contributed by atoms with Crippen LogP contribution in [0.15, 0.2) is 64.0 Å². The molecule has 0 aliphatic rings. The summed E-state index contributed by atoms with van der Waals surface area (Å²) in [6, 6.07) is 0.552. The number of unbranched alkanes of at least 4 members (excludes halogenated alkanes) is 1. The van der Waals surface area contributed by atoms with Crippen molar-refractivity contribution in [3.63, 3.8) is 0 Å². The predicted octanol–water partition coefficient (Wildman–Crippen LogP) is 7.06. The van der Waals surface area contributed by atoms with E-state index in [9.17, 15) is 0 Å². The van der Waals surface area contributed by atoms with E-state index < -0.39 is 0 Å². The van der Waals surface area contributed by atoms with Crippen LogP contribution in [0.5, 0.6) is 0 Å². The van der Waals surface area contributed by atoms with Crippen LogP contribution in [0.4, 0.5) is 0 Å². The standard InChI is InChI=1S/C27H47N3OS/c1-8-11-16-26(17-13-12-14-18-29-24(5)23(4)22-32)30(7)19-20-31-27(28-6)21-25(10-3)15-9-2/h12,14-15,21-22,26,29,32H,5-6,8-11,13,16-20H2,1-4,7H3/b14-12+,23-22+,25-15-,27-21+. The number of hydrogen-bond acceptors (Lipinski definition) is 5. The monoisotopic (exact) mass is 461 g/mol. The SMILES string of the molecule is C=N/C(=C\C(=C/CC)CC)OCCN(C)C(CC/C=C/CNC(=C)/C(C)=C/S)CCCC. The first-order valence-corrected chi connectivity index (χ1v) is 12.5. The maximum absolute atomic E-state index is 5.91. The van der Waals surface area contributed by atoms with Gasteiger partial charge in [-0.3, -0.25) is 0 Å². The Balaban J connectivity index is 4.58. The van der Waals surface area contributed by atoms with Crippen LogP contribution in [0.1, 0.15) is 72.6 Å². The van der Waals surface area contributed by atoms with Gasteiger partial charge in [0, 0.05) is 30.9 Å². The lowest BCUT2D eigenvalue weighted by atomic mass is 10.0. The van der Waals surface area contributed by atoms with Crippen molar-refractivity contribution in [1.82, 2.24) is 10.2 Å². The molecule has 0 amide bonds. The number of nitrogens with zero attached hydrogens (tertiary/aromatic N) is 2. The van der Waals surface area contributed by atoms with Gasteiger partial charge < -0.3 is 15.0 Å². The summed E-state index contributed by atoms with van der Waals surface area (Å²) in [4.78, 5) is 6.48. The molecule has 0 rings (SSSR count). The molecule has 1 unspecified atom stereocenters. The molecule has 1 N–H and O–H groups in total. The quantitative estimate of drug-likeness (QED) is 0.0711. The Morgan fingerprint density at radius 3 is 2.56 bits per heavy atom. The lowest BCUT2D eigenvalue weighted by Crippen LogP contribution is -2.34. The number of aliphatic imine (C=N–C) groups is 1. The second-order valence-corrected chi connectivity index (χ2v) is 8.29. The Morgan fingerprint density at radius 1 is 1.22 bits per heavy atom. The number of ether oxygens (including phenoxy) is 1. The highest BCUT2D eigenvalue weighted by molar-refractivity contribution is 7.83. The number of rotatable bonds is 19. The Labute approximate surface area is 203 Å². The molecular weight excluding hydrogens is 414 g/mol. The van der Waals surface area contributed by atoms with E-state index in [0.717, 1.165) is 50.0 Å². The minimum Gasteiger partial charge on any atom is -0.476 e. The molecule has 32 heavy (non-hydrogen) atoms. The van der Waals surface area contributed by atoms with Crippen molar-refractivity contribution in [2.75, 3.05) is 26.7 Å². The van der Waals surface area contributed by atoms with Crippen LogP contribution in [0, 0.1) is 0 Å². The van der Waals surface area contributed by atoms with Gasteiger partial charge in [0.15, 0.2) is 0 Å². The van der Waals surface area contributed by atoms with Crippen molar-refractivity contribution < 1.29 is 4.74 Å². The minimum atomic E-state index is 0.552. The molecule has 0 bridgehead atoms. The fourth-order valence-corrected chi connectivity index (χ4v) is 3.41. The molecule has 1 atom stereocenters. The Hall–Kier alpha value is -1.72. The lowest BCUT2D eigenvalue weighted by Gasteiger charge is -2.28. The Kier molecular flexibility index (Phi) is 18.9. The Bertz CT molecular complexity index is 649. The van der Waals surface area contributed by atoms with Gasteiger partial charge in [0.2, 0.25) is 5.88 Å². The first kappa shape index (κ1) is 30.3. The number of thiol groups is 1. The summed E-state index contributed by atoms with van der Waals surface area (Å²) in [5.74, 6) is 0.616. The van der Waals surface area contributed by atoms with Crippen LogP contribution in [-0.2, 0) is 4.74 Å². The van der Waals surface area contributed by atoms with E-state index in [2.05, 4.69) is 87.2 Å².